The van der Waals surface area contributed by atoms with Crippen LogP contribution in [0, 0.1) is 6.92 Å². The fraction of sp³-hybridized carbons (Fsp3) is 0.273. The molecule has 0 atom stereocenters. The molecule has 2 rings (SSSR count). The Morgan fingerprint density at radius 1 is 1.50 bits per heavy atom. The Morgan fingerprint density at radius 2 is 2.19 bits per heavy atom. The summed E-state index contributed by atoms with van der Waals surface area (Å²) in [6.07, 6.45) is 0. The van der Waals surface area contributed by atoms with Crippen molar-refractivity contribution in [3.63, 3.8) is 0 Å². The van der Waals surface area contributed by atoms with Crippen LogP contribution >= 0.6 is 11.6 Å². The van der Waals surface area contributed by atoms with Gasteiger partial charge in [0.15, 0.2) is 5.82 Å². The van der Waals surface area contributed by atoms with E-state index in [1.54, 1.807) is 4.68 Å². The van der Waals surface area contributed by atoms with Crippen molar-refractivity contribution in [3.8, 4) is 0 Å². The van der Waals surface area contributed by atoms with E-state index in [0.717, 1.165) is 16.5 Å². The number of carbonyl (C=O) groups is 1. The Labute approximate surface area is 98.2 Å². The lowest BCUT2D eigenvalue weighted by Crippen LogP contribution is -2.06. The molecule has 0 unspecified atom stereocenters. The summed E-state index contributed by atoms with van der Waals surface area (Å²) in [6.45, 7) is 3.43. The minimum absolute atomic E-state index is 0.155. The second-order valence-electron chi connectivity index (χ2n) is 3.74. The highest BCUT2D eigenvalue weighted by molar-refractivity contribution is 6.36. The summed E-state index contributed by atoms with van der Waals surface area (Å²) in [5, 5.41) is 8.32. The number of fused-ring (bicyclic) bond motifs is 1. The molecule has 1 N–H and O–H groups in total. The van der Waals surface area contributed by atoms with Gasteiger partial charge >= 0.3 is 0 Å². The summed E-state index contributed by atoms with van der Waals surface area (Å²) >= 11 is 6.13. The number of carbonyl (C=O) groups excluding carboxylic acids is 1. The van der Waals surface area contributed by atoms with Crippen LogP contribution in [0.4, 0.5) is 5.82 Å². The number of nitrogens with one attached hydrogen (secondary N) is 1. The summed E-state index contributed by atoms with van der Waals surface area (Å²) in [5.41, 5.74) is 2.02. The van der Waals surface area contributed by atoms with Crippen LogP contribution in [-0.4, -0.2) is 15.7 Å². The number of rotatable bonds is 1. The van der Waals surface area contributed by atoms with Crippen molar-refractivity contribution in [2.24, 2.45) is 7.05 Å². The van der Waals surface area contributed by atoms with E-state index in [0.29, 0.717) is 10.8 Å². The minimum Gasteiger partial charge on any atom is -0.309 e. The lowest BCUT2D eigenvalue weighted by atomic mass is 10.1. The van der Waals surface area contributed by atoms with Gasteiger partial charge in [0, 0.05) is 14.0 Å². The zero-order valence-corrected chi connectivity index (χ0v) is 10.1. The number of hydrogen-bond acceptors (Lipinski definition) is 2. The monoisotopic (exact) mass is 237 g/mol. The highest BCUT2D eigenvalue weighted by atomic mass is 35.5. The molecule has 0 radical (unpaired) electrons. The number of halogens is 1. The lowest BCUT2D eigenvalue weighted by molar-refractivity contribution is -0.114. The molecule has 0 saturated carbocycles. The molecule has 16 heavy (non-hydrogen) atoms. The van der Waals surface area contributed by atoms with E-state index in [-0.39, 0.29) is 5.91 Å². The maximum atomic E-state index is 11.1. The average molecular weight is 238 g/mol. The largest absolute Gasteiger partial charge is 0.309 e. The van der Waals surface area contributed by atoms with Gasteiger partial charge in [0.05, 0.1) is 15.9 Å². The van der Waals surface area contributed by atoms with Gasteiger partial charge in [0.1, 0.15) is 0 Å². The number of aromatic nitrogens is 2. The van der Waals surface area contributed by atoms with E-state index < -0.39 is 0 Å². The molecule has 0 bridgehead atoms. The standard InChI is InChI=1S/C11H12ClN3O/c1-6-4-5-8(12)9-10(6)15(3)14-11(9)13-7(2)16/h4-5H,1-3H3,(H,13,14,16). The van der Waals surface area contributed by atoms with Crippen LogP contribution in [-0.2, 0) is 11.8 Å². The van der Waals surface area contributed by atoms with Gasteiger partial charge in [0.2, 0.25) is 5.91 Å². The number of aryl methyl sites for hydroxylation is 2. The molecule has 0 aliphatic rings. The second-order valence-corrected chi connectivity index (χ2v) is 4.15. The Kier molecular flexibility index (Phi) is 2.59. The van der Waals surface area contributed by atoms with Gasteiger partial charge in [-0.1, -0.05) is 17.7 Å². The predicted octanol–water partition coefficient (Wildman–Crippen LogP) is 2.49. The summed E-state index contributed by atoms with van der Waals surface area (Å²) < 4.78 is 1.72. The van der Waals surface area contributed by atoms with Gasteiger partial charge in [-0.3, -0.25) is 9.48 Å². The van der Waals surface area contributed by atoms with E-state index in [4.69, 9.17) is 11.6 Å². The highest BCUT2D eigenvalue weighted by Gasteiger charge is 2.14. The van der Waals surface area contributed by atoms with Crippen LogP contribution in [0.3, 0.4) is 0 Å². The smallest absolute Gasteiger partial charge is 0.222 e. The van der Waals surface area contributed by atoms with Crippen molar-refractivity contribution in [3.05, 3.63) is 22.7 Å². The molecule has 1 aromatic heterocycles. The van der Waals surface area contributed by atoms with Crippen LogP contribution < -0.4 is 5.32 Å². The molecule has 1 amide bonds. The third-order valence-corrected chi connectivity index (χ3v) is 2.75. The summed E-state index contributed by atoms with van der Waals surface area (Å²) in [4.78, 5) is 11.1. The van der Waals surface area contributed by atoms with Crippen molar-refractivity contribution >= 4 is 34.2 Å². The molecule has 0 fully saturated rings. The van der Waals surface area contributed by atoms with Gasteiger partial charge < -0.3 is 5.32 Å². The van der Waals surface area contributed by atoms with Crippen LogP contribution in [0.25, 0.3) is 10.9 Å². The number of amides is 1. The average Bonchev–Trinajstić information content (AvgIpc) is 2.49. The van der Waals surface area contributed by atoms with Crippen LogP contribution in [0.2, 0.25) is 5.02 Å². The van der Waals surface area contributed by atoms with Crippen molar-refractivity contribution < 1.29 is 4.79 Å². The topological polar surface area (TPSA) is 46.9 Å². The first kappa shape index (κ1) is 11.0. The van der Waals surface area contributed by atoms with E-state index in [1.165, 1.54) is 6.92 Å². The number of hydrogen-bond donors (Lipinski definition) is 1. The highest BCUT2D eigenvalue weighted by Crippen LogP contribution is 2.31. The molecule has 0 spiro atoms. The number of benzene rings is 1. The molecule has 0 aliphatic heterocycles. The zero-order valence-electron chi connectivity index (χ0n) is 9.34. The van der Waals surface area contributed by atoms with Gasteiger partial charge in [-0.25, -0.2) is 0 Å². The molecule has 84 valence electrons. The SMILES string of the molecule is CC(=O)Nc1nn(C)c2c(C)ccc(Cl)c12. The molecule has 5 heteroatoms. The van der Waals surface area contributed by atoms with Crippen LogP contribution in [0.15, 0.2) is 12.1 Å². The first-order valence-electron chi connectivity index (χ1n) is 4.90. The molecular formula is C11H12ClN3O. The second kappa shape index (κ2) is 3.79. The fourth-order valence-electron chi connectivity index (χ4n) is 1.82. The molecule has 1 aromatic carbocycles. The summed E-state index contributed by atoms with van der Waals surface area (Å²) in [7, 11) is 1.83. The normalized spacial score (nSPS) is 10.8. The maximum Gasteiger partial charge on any atom is 0.222 e. The quantitative estimate of drug-likeness (QED) is 0.828. The van der Waals surface area contributed by atoms with Gasteiger partial charge in [-0.15, -0.1) is 0 Å². The third kappa shape index (κ3) is 1.65. The van der Waals surface area contributed by atoms with E-state index in [9.17, 15) is 4.79 Å². The van der Waals surface area contributed by atoms with Crippen molar-refractivity contribution in [1.29, 1.82) is 0 Å². The Bertz CT molecular complexity index is 574. The first-order valence-corrected chi connectivity index (χ1v) is 5.28. The molecule has 2 aromatic rings. The van der Waals surface area contributed by atoms with Crippen molar-refractivity contribution in [1.82, 2.24) is 9.78 Å². The molecule has 0 aliphatic carbocycles. The Balaban J connectivity index is 2.77. The van der Waals surface area contributed by atoms with Gasteiger partial charge in [-0.2, -0.15) is 5.10 Å². The van der Waals surface area contributed by atoms with Crippen molar-refractivity contribution in [2.45, 2.75) is 13.8 Å². The van der Waals surface area contributed by atoms with Crippen LogP contribution in [0.5, 0.6) is 0 Å². The minimum atomic E-state index is -0.155. The molecule has 0 saturated heterocycles. The van der Waals surface area contributed by atoms with E-state index >= 15 is 0 Å². The number of nitrogens with zero attached hydrogens (tertiary/aromatic N) is 2. The molecule has 1 heterocycles. The number of anilines is 1. The van der Waals surface area contributed by atoms with Crippen LogP contribution in [0.1, 0.15) is 12.5 Å². The molecular weight excluding hydrogens is 226 g/mol. The Hall–Kier alpha value is -1.55. The summed E-state index contributed by atoms with van der Waals surface area (Å²) in [6, 6.07) is 3.75. The third-order valence-electron chi connectivity index (χ3n) is 2.43. The predicted molar refractivity (Wildman–Crippen MR) is 64.8 cm³/mol. The molecule has 4 nitrogen and oxygen atoms in total. The van der Waals surface area contributed by atoms with Gasteiger partial charge in [-0.05, 0) is 18.6 Å². The van der Waals surface area contributed by atoms with E-state index in [2.05, 4.69) is 10.4 Å². The lowest BCUT2D eigenvalue weighted by Gasteiger charge is -2.01. The van der Waals surface area contributed by atoms with E-state index in [1.807, 2.05) is 26.1 Å². The zero-order chi connectivity index (χ0) is 11.9. The van der Waals surface area contributed by atoms with Gasteiger partial charge in [0.25, 0.3) is 0 Å². The fourth-order valence-corrected chi connectivity index (χ4v) is 2.06. The Morgan fingerprint density at radius 3 is 2.81 bits per heavy atom. The maximum absolute atomic E-state index is 11.1. The van der Waals surface area contributed by atoms with Crippen molar-refractivity contribution in [2.75, 3.05) is 5.32 Å². The first-order chi connectivity index (χ1) is 7.50. The summed E-state index contributed by atoms with van der Waals surface area (Å²) in [5.74, 6) is 0.358.